The summed E-state index contributed by atoms with van der Waals surface area (Å²) >= 11 is 0. The lowest BCUT2D eigenvalue weighted by Crippen LogP contribution is -2.37. The number of benzene rings is 3. The maximum absolute atomic E-state index is 13.0. The maximum Gasteiger partial charge on any atom is 0.260 e. The van der Waals surface area contributed by atoms with Gasteiger partial charge in [0.1, 0.15) is 18.1 Å². The molecule has 3 aromatic rings. The first-order chi connectivity index (χ1) is 16.1. The summed E-state index contributed by atoms with van der Waals surface area (Å²) in [6.07, 6.45) is 0.774. The van der Waals surface area contributed by atoms with Crippen molar-refractivity contribution in [2.45, 2.75) is 26.8 Å². The number of ether oxygens (including phenoxy) is 3. The third-order valence-electron chi connectivity index (χ3n) is 5.76. The molecule has 0 aromatic heterocycles. The maximum atomic E-state index is 13.0. The molecule has 0 saturated carbocycles. The van der Waals surface area contributed by atoms with Gasteiger partial charge in [-0.1, -0.05) is 60.2 Å². The molecule has 0 radical (unpaired) electrons. The van der Waals surface area contributed by atoms with Gasteiger partial charge in [-0.2, -0.15) is 0 Å². The second kappa shape index (κ2) is 11.0. The Morgan fingerprint density at radius 3 is 2.67 bits per heavy atom. The lowest BCUT2D eigenvalue weighted by Gasteiger charge is -2.24. The van der Waals surface area contributed by atoms with Gasteiger partial charge in [0, 0.05) is 19.5 Å². The number of hydrogen-bond donors (Lipinski definition) is 0. The van der Waals surface area contributed by atoms with Gasteiger partial charge in [0.05, 0.1) is 13.2 Å². The van der Waals surface area contributed by atoms with Gasteiger partial charge < -0.3 is 19.1 Å². The van der Waals surface area contributed by atoms with Gasteiger partial charge in [0.2, 0.25) is 0 Å². The van der Waals surface area contributed by atoms with Crippen LogP contribution in [0, 0.1) is 13.8 Å². The zero-order valence-corrected chi connectivity index (χ0v) is 19.4. The highest BCUT2D eigenvalue weighted by atomic mass is 16.5. The van der Waals surface area contributed by atoms with Crippen molar-refractivity contribution in [2.24, 2.45) is 0 Å². The highest BCUT2D eigenvalue weighted by Crippen LogP contribution is 2.24. The van der Waals surface area contributed by atoms with Crippen molar-refractivity contribution in [3.63, 3.8) is 0 Å². The summed E-state index contributed by atoms with van der Waals surface area (Å²) in [5.74, 6) is 1.57. The standard InChI is InChI=1S/C28H31NO4/c1-21-10-11-27-25(16-21)18-23-7-5-8-24(17-23)19-29(12-13-31-14-15-32-27)28(30)20-33-26-9-4-3-6-22(26)2/h3-11,16-17H,12-15,18-20H2,1-2H3. The largest absolute Gasteiger partial charge is 0.491 e. The Labute approximate surface area is 195 Å². The molecule has 3 aromatic carbocycles. The van der Waals surface area contributed by atoms with Crippen LogP contribution in [0.4, 0.5) is 0 Å². The molecule has 0 fully saturated rings. The summed E-state index contributed by atoms with van der Waals surface area (Å²) in [7, 11) is 0. The third kappa shape index (κ3) is 6.36. The van der Waals surface area contributed by atoms with Crippen LogP contribution in [0.2, 0.25) is 0 Å². The predicted octanol–water partition coefficient (Wildman–Crippen LogP) is 4.71. The molecule has 1 aliphatic rings. The van der Waals surface area contributed by atoms with Crippen molar-refractivity contribution in [1.82, 2.24) is 4.90 Å². The highest BCUT2D eigenvalue weighted by molar-refractivity contribution is 5.77. The van der Waals surface area contributed by atoms with Crippen LogP contribution in [0.5, 0.6) is 11.5 Å². The van der Waals surface area contributed by atoms with Gasteiger partial charge in [-0.3, -0.25) is 4.79 Å². The van der Waals surface area contributed by atoms with E-state index in [0.29, 0.717) is 32.9 Å². The van der Waals surface area contributed by atoms with Crippen LogP contribution in [0.3, 0.4) is 0 Å². The zero-order valence-electron chi connectivity index (χ0n) is 19.4. The van der Waals surface area contributed by atoms with Crippen molar-refractivity contribution < 1.29 is 19.0 Å². The number of para-hydroxylation sites is 1. The summed E-state index contributed by atoms with van der Waals surface area (Å²) in [5, 5.41) is 0. The quantitative estimate of drug-likeness (QED) is 0.586. The fraction of sp³-hybridized carbons (Fsp3) is 0.321. The van der Waals surface area contributed by atoms with Crippen molar-refractivity contribution >= 4 is 5.91 Å². The molecule has 1 aliphatic heterocycles. The van der Waals surface area contributed by atoms with Crippen LogP contribution in [0.1, 0.15) is 27.8 Å². The average Bonchev–Trinajstić information content (AvgIpc) is 2.81. The molecule has 0 unspecified atom stereocenters. The van der Waals surface area contributed by atoms with Crippen molar-refractivity contribution in [1.29, 1.82) is 0 Å². The van der Waals surface area contributed by atoms with Crippen LogP contribution in [-0.2, 0) is 22.5 Å². The SMILES string of the molecule is Cc1ccc2c(c1)Cc1cccc(c1)CN(C(=O)COc1ccccc1C)CCOCCO2. The minimum Gasteiger partial charge on any atom is -0.491 e. The molecule has 0 N–H and O–H groups in total. The monoisotopic (exact) mass is 445 g/mol. The molecule has 2 bridgehead atoms. The van der Waals surface area contributed by atoms with Gasteiger partial charge in [0.25, 0.3) is 5.91 Å². The molecular formula is C28H31NO4. The van der Waals surface area contributed by atoms with Crippen molar-refractivity contribution in [3.05, 3.63) is 94.5 Å². The lowest BCUT2D eigenvalue weighted by atomic mass is 10.0. The molecule has 1 heterocycles. The smallest absolute Gasteiger partial charge is 0.260 e. The van der Waals surface area contributed by atoms with Crippen molar-refractivity contribution in [3.8, 4) is 11.5 Å². The minimum absolute atomic E-state index is 0.000305. The molecule has 5 nitrogen and oxygen atoms in total. The number of amides is 1. The number of rotatable bonds is 3. The normalized spacial score (nSPS) is 14.5. The Kier molecular flexibility index (Phi) is 7.63. The van der Waals surface area contributed by atoms with E-state index in [2.05, 4.69) is 43.3 Å². The second-order valence-corrected chi connectivity index (χ2v) is 8.44. The van der Waals surface area contributed by atoms with Gasteiger partial charge >= 0.3 is 0 Å². The Hall–Kier alpha value is -3.31. The fourth-order valence-electron chi connectivity index (χ4n) is 3.99. The molecular weight excluding hydrogens is 414 g/mol. The predicted molar refractivity (Wildman–Crippen MR) is 129 cm³/mol. The van der Waals surface area contributed by atoms with E-state index in [1.54, 1.807) is 0 Å². The van der Waals surface area contributed by atoms with Crippen LogP contribution in [-0.4, -0.2) is 43.8 Å². The number of nitrogens with zero attached hydrogens (tertiary/aromatic N) is 1. The van der Waals surface area contributed by atoms with Crippen LogP contribution in [0.25, 0.3) is 0 Å². The molecule has 0 atom stereocenters. The van der Waals surface area contributed by atoms with E-state index in [-0.39, 0.29) is 12.5 Å². The van der Waals surface area contributed by atoms with Gasteiger partial charge in [0.15, 0.2) is 6.61 Å². The Morgan fingerprint density at radius 2 is 1.79 bits per heavy atom. The van der Waals surface area contributed by atoms with Crippen LogP contribution >= 0.6 is 0 Å². The van der Waals surface area contributed by atoms with Gasteiger partial charge in [-0.05, 0) is 48.2 Å². The summed E-state index contributed by atoms with van der Waals surface area (Å²) in [4.78, 5) is 14.8. The van der Waals surface area contributed by atoms with E-state index in [1.807, 2.05) is 42.2 Å². The zero-order chi connectivity index (χ0) is 23.0. The van der Waals surface area contributed by atoms with E-state index in [4.69, 9.17) is 14.2 Å². The first-order valence-corrected chi connectivity index (χ1v) is 11.4. The number of carbonyl (C=O) groups is 1. The third-order valence-corrected chi connectivity index (χ3v) is 5.76. The van der Waals surface area contributed by atoms with E-state index in [0.717, 1.165) is 34.6 Å². The number of fused-ring (bicyclic) bond motifs is 3. The number of carbonyl (C=O) groups excluding carboxylic acids is 1. The minimum atomic E-state index is -0.0587. The van der Waals surface area contributed by atoms with E-state index in [1.165, 1.54) is 11.1 Å². The summed E-state index contributed by atoms with van der Waals surface area (Å²) in [6.45, 7) is 6.47. The molecule has 5 heteroatoms. The molecule has 0 aliphatic carbocycles. The highest BCUT2D eigenvalue weighted by Gasteiger charge is 2.16. The molecule has 1 amide bonds. The topological polar surface area (TPSA) is 48.0 Å². The van der Waals surface area contributed by atoms with E-state index >= 15 is 0 Å². The Morgan fingerprint density at radius 1 is 0.939 bits per heavy atom. The van der Waals surface area contributed by atoms with Gasteiger partial charge in [-0.15, -0.1) is 0 Å². The summed E-state index contributed by atoms with van der Waals surface area (Å²) in [6, 6.07) is 22.4. The summed E-state index contributed by atoms with van der Waals surface area (Å²) in [5.41, 5.74) is 5.65. The molecule has 172 valence electrons. The fourth-order valence-corrected chi connectivity index (χ4v) is 3.99. The molecule has 0 spiro atoms. The molecule has 0 saturated heterocycles. The first-order valence-electron chi connectivity index (χ1n) is 11.4. The average molecular weight is 446 g/mol. The number of aryl methyl sites for hydroxylation is 2. The van der Waals surface area contributed by atoms with Crippen molar-refractivity contribution in [2.75, 3.05) is 33.0 Å². The first kappa shape index (κ1) is 22.9. The second-order valence-electron chi connectivity index (χ2n) is 8.44. The van der Waals surface area contributed by atoms with Crippen LogP contribution < -0.4 is 9.47 Å². The van der Waals surface area contributed by atoms with E-state index in [9.17, 15) is 4.79 Å². The lowest BCUT2D eigenvalue weighted by molar-refractivity contribution is -0.134. The Balaban J connectivity index is 1.52. The van der Waals surface area contributed by atoms with Crippen LogP contribution in [0.15, 0.2) is 66.7 Å². The van der Waals surface area contributed by atoms with E-state index < -0.39 is 0 Å². The van der Waals surface area contributed by atoms with Gasteiger partial charge in [-0.25, -0.2) is 0 Å². The summed E-state index contributed by atoms with van der Waals surface area (Å²) < 4.78 is 17.6. The number of hydrogen-bond acceptors (Lipinski definition) is 4. The molecule has 4 rings (SSSR count). The molecule has 33 heavy (non-hydrogen) atoms. The Bertz CT molecular complexity index is 1090.